The summed E-state index contributed by atoms with van der Waals surface area (Å²) >= 11 is 0. The summed E-state index contributed by atoms with van der Waals surface area (Å²) in [6.45, 7) is 1.77. The van der Waals surface area contributed by atoms with Gasteiger partial charge in [0.05, 0.1) is 6.04 Å². The lowest BCUT2D eigenvalue weighted by atomic mass is 9.96. The van der Waals surface area contributed by atoms with Gasteiger partial charge in [-0.05, 0) is 56.1 Å². The van der Waals surface area contributed by atoms with Gasteiger partial charge in [0.2, 0.25) is 5.91 Å². The summed E-state index contributed by atoms with van der Waals surface area (Å²) in [5, 5.41) is 10.4. The molecule has 5 heteroatoms. The first-order chi connectivity index (χ1) is 14.4. The molecule has 158 valence electrons. The van der Waals surface area contributed by atoms with E-state index in [0.29, 0.717) is 24.3 Å². The van der Waals surface area contributed by atoms with Crippen LogP contribution in [0.25, 0.3) is 0 Å². The number of benzene rings is 2. The van der Waals surface area contributed by atoms with Crippen molar-refractivity contribution in [1.29, 1.82) is 5.41 Å². The van der Waals surface area contributed by atoms with Crippen molar-refractivity contribution in [2.75, 3.05) is 0 Å². The van der Waals surface area contributed by atoms with Gasteiger partial charge in [0.25, 0.3) is 0 Å². The van der Waals surface area contributed by atoms with Crippen molar-refractivity contribution >= 4 is 17.5 Å². The van der Waals surface area contributed by atoms with Crippen LogP contribution in [0.5, 0.6) is 0 Å². The molecule has 1 saturated carbocycles. The molecule has 1 fully saturated rings. The predicted molar refractivity (Wildman–Crippen MR) is 119 cm³/mol. The van der Waals surface area contributed by atoms with Gasteiger partial charge in [-0.2, -0.15) is 0 Å². The van der Waals surface area contributed by atoms with Crippen LogP contribution >= 0.6 is 0 Å². The van der Waals surface area contributed by atoms with Crippen molar-refractivity contribution in [3.05, 3.63) is 71.3 Å². The van der Waals surface area contributed by atoms with E-state index >= 15 is 0 Å². The number of rotatable bonds is 9. The van der Waals surface area contributed by atoms with Gasteiger partial charge in [0.1, 0.15) is 5.84 Å². The molecule has 0 radical (unpaired) electrons. The SMILES string of the molecule is C[C@H](NC(=O)[C@@H]1CC[C@H](Cc2ccccc2)C1)C(=O)CCc1ccc(C(=N)N)cc1. The minimum Gasteiger partial charge on any atom is -0.384 e. The largest absolute Gasteiger partial charge is 0.384 e. The van der Waals surface area contributed by atoms with Crippen LogP contribution in [0.1, 0.15) is 49.3 Å². The smallest absolute Gasteiger partial charge is 0.223 e. The summed E-state index contributed by atoms with van der Waals surface area (Å²) in [4.78, 5) is 25.1. The number of carbonyl (C=O) groups is 2. The van der Waals surface area contributed by atoms with E-state index in [1.165, 1.54) is 5.56 Å². The molecule has 0 heterocycles. The van der Waals surface area contributed by atoms with Crippen LogP contribution in [0, 0.1) is 17.2 Å². The van der Waals surface area contributed by atoms with Crippen molar-refractivity contribution in [2.45, 2.75) is 51.5 Å². The zero-order chi connectivity index (χ0) is 21.5. The van der Waals surface area contributed by atoms with E-state index in [0.717, 1.165) is 31.2 Å². The Morgan fingerprint density at radius 2 is 1.77 bits per heavy atom. The van der Waals surface area contributed by atoms with Gasteiger partial charge in [-0.25, -0.2) is 0 Å². The van der Waals surface area contributed by atoms with E-state index < -0.39 is 6.04 Å². The molecule has 5 nitrogen and oxygen atoms in total. The molecule has 4 N–H and O–H groups in total. The number of nitrogen functional groups attached to an aromatic ring is 1. The lowest BCUT2D eigenvalue weighted by Crippen LogP contribution is -2.41. The van der Waals surface area contributed by atoms with Crippen LogP contribution in [0.2, 0.25) is 0 Å². The van der Waals surface area contributed by atoms with Gasteiger partial charge in [0.15, 0.2) is 5.78 Å². The minimum absolute atomic E-state index is 0.00749. The Hall–Kier alpha value is -2.95. The van der Waals surface area contributed by atoms with Crippen molar-refractivity contribution < 1.29 is 9.59 Å². The number of aryl methyl sites for hydroxylation is 1. The van der Waals surface area contributed by atoms with Gasteiger partial charge in [-0.15, -0.1) is 0 Å². The van der Waals surface area contributed by atoms with Crippen LogP contribution in [0.4, 0.5) is 0 Å². The Labute approximate surface area is 178 Å². The summed E-state index contributed by atoms with van der Waals surface area (Å²) in [6, 6.07) is 17.3. The Kier molecular flexibility index (Phi) is 7.39. The molecule has 1 amide bonds. The first kappa shape index (κ1) is 21.8. The van der Waals surface area contributed by atoms with Crippen LogP contribution in [-0.2, 0) is 22.4 Å². The molecule has 3 atom stereocenters. The molecule has 30 heavy (non-hydrogen) atoms. The monoisotopic (exact) mass is 405 g/mol. The molecule has 2 aromatic rings. The normalized spacial score (nSPS) is 19.2. The zero-order valence-corrected chi connectivity index (χ0v) is 17.6. The average Bonchev–Trinajstić information content (AvgIpc) is 3.21. The number of carbonyl (C=O) groups excluding carboxylic acids is 2. The summed E-state index contributed by atoms with van der Waals surface area (Å²) in [5.74, 6) is 0.627. The first-order valence-corrected chi connectivity index (χ1v) is 10.7. The fourth-order valence-electron chi connectivity index (χ4n) is 4.19. The molecule has 1 aliphatic carbocycles. The first-order valence-electron chi connectivity index (χ1n) is 10.7. The molecular weight excluding hydrogens is 374 g/mol. The number of amidine groups is 1. The molecule has 2 aromatic carbocycles. The highest BCUT2D eigenvalue weighted by molar-refractivity contribution is 5.95. The van der Waals surface area contributed by atoms with E-state index in [4.69, 9.17) is 11.1 Å². The summed E-state index contributed by atoms with van der Waals surface area (Å²) in [5.41, 5.74) is 8.48. The standard InChI is InChI=1S/C25H31N3O2/c1-17(23(29)14-10-18-7-11-21(12-8-18)24(26)27)28-25(30)22-13-9-20(16-22)15-19-5-3-2-4-6-19/h2-8,11-12,17,20,22H,9-10,13-16H2,1H3,(H3,26,27)(H,28,30)/t17-,20+,22+/m0/s1. The second kappa shape index (κ2) is 10.2. The molecule has 3 rings (SSSR count). The number of nitrogens with one attached hydrogen (secondary N) is 2. The second-order valence-electron chi connectivity index (χ2n) is 8.37. The molecule has 0 unspecified atom stereocenters. The minimum atomic E-state index is -0.470. The maximum atomic E-state index is 12.6. The second-order valence-corrected chi connectivity index (χ2v) is 8.37. The highest BCUT2D eigenvalue weighted by Gasteiger charge is 2.31. The highest BCUT2D eigenvalue weighted by Crippen LogP contribution is 2.33. The third kappa shape index (κ3) is 6.02. The van der Waals surface area contributed by atoms with Crippen LogP contribution in [0.3, 0.4) is 0 Å². The zero-order valence-electron chi connectivity index (χ0n) is 17.6. The Balaban J connectivity index is 1.42. The fraction of sp³-hybridized carbons (Fsp3) is 0.400. The molecular formula is C25H31N3O2. The van der Waals surface area contributed by atoms with E-state index in [2.05, 4.69) is 29.6 Å². The van der Waals surface area contributed by atoms with E-state index in [9.17, 15) is 9.59 Å². The van der Waals surface area contributed by atoms with Crippen LogP contribution < -0.4 is 11.1 Å². The van der Waals surface area contributed by atoms with Crippen molar-refractivity contribution in [2.24, 2.45) is 17.6 Å². The van der Waals surface area contributed by atoms with Crippen LogP contribution in [0.15, 0.2) is 54.6 Å². The number of amides is 1. The molecule has 0 aliphatic heterocycles. The van der Waals surface area contributed by atoms with E-state index in [-0.39, 0.29) is 23.4 Å². The van der Waals surface area contributed by atoms with Gasteiger partial charge in [0, 0.05) is 17.9 Å². The fourth-order valence-corrected chi connectivity index (χ4v) is 4.19. The van der Waals surface area contributed by atoms with E-state index in [1.807, 2.05) is 18.2 Å². The summed E-state index contributed by atoms with van der Waals surface area (Å²) < 4.78 is 0. The number of nitrogens with two attached hydrogens (primary N) is 1. The van der Waals surface area contributed by atoms with Crippen molar-refractivity contribution in [3.63, 3.8) is 0 Å². The quantitative estimate of drug-likeness (QED) is 0.439. The molecule has 0 spiro atoms. The Bertz CT molecular complexity index is 877. The maximum Gasteiger partial charge on any atom is 0.223 e. The third-order valence-electron chi connectivity index (χ3n) is 6.05. The highest BCUT2D eigenvalue weighted by atomic mass is 16.2. The number of Topliss-reactive ketones (excluding diaryl/α,β-unsaturated/α-hetero) is 1. The van der Waals surface area contributed by atoms with Gasteiger partial charge >= 0.3 is 0 Å². The van der Waals surface area contributed by atoms with Gasteiger partial charge in [-0.3, -0.25) is 15.0 Å². The molecule has 1 aliphatic rings. The molecule has 0 aromatic heterocycles. The predicted octanol–water partition coefficient (Wildman–Crippen LogP) is 3.64. The summed E-state index contributed by atoms with van der Waals surface area (Å²) in [7, 11) is 0. The number of hydrogen-bond donors (Lipinski definition) is 3. The van der Waals surface area contributed by atoms with Crippen molar-refractivity contribution in [3.8, 4) is 0 Å². The Morgan fingerprint density at radius 1 is 1.07 bits per heavy atom. The molecule has 0 bridgehead atoms. The van der Waals surface area contributed by atoms with E-state index in [1.54, 1.807) is 19.1 Å². The van der Waals surface area contributed by atoms with Crippen LogP contribution in [-0.4, -0.2) is 23.6 Å². The number of ketones is 1. The lowest BCUT2D eigenvalue weighted by molar-refractivity contribution is -0.129. The summed E-state index contributed by atoms with van der Waals surface area (Å²) in [6.07, 6.45) is 4.85. The van der Waals surface area contributed by atoms with Gasteiger partial charge in [-0.1, -0.05) is 54.6 Å². The average molecular weight is 406 g/mol. The Morgan fingerprint density at radius 3 is 2.43 bits per heavy atom. The lowest BCUT2D eigenvalue weighted by Gasteiger charge is -2.17. The topological polar surface area (TPSA) is 96.0 Å². The third-order valence-corrected chi connectivity index (χ3v) is 6.05. The van der Waals surface area contributed by atoms with Gasteiger partial charge < -0.3 is 11.1 Å². The molecule has 0 saturated heterocycles. The number of hydrogen-bond acceptors (Lipinski definition) is 3. The van der Waals surface area contributed by atoms with Crippen molar-refractivity contribution in [1.82, 2.24) is 5.32 Å². The maximum absolute atomic E-state index is 12.6.